The Hall–Kier alpha value is -0.250. The first kappa shape index (κ1) is 16.1. The van der Waals surface area contributed by atoms with Gasteiger partial charge in [-0.1, -0.05) is 74.5 Å². The summed E-state index contributed by atoms with van der Waals surface area (Å²) in [5.41, 5.74) is 1.46. The van der Waals surface area contributed by atoms with Crippen LogP contribution < -0.4 is 0 Å². The second-order valence-corrected chi connectivity index (χ2v) is 6.51. The molecule has 0 bridgehead atoms. The van der Waals surface area contributed by atoms with E-state index in [1.54, 1.807) is 12.1 Å². The van der Waals surface area contributed by atoms with Gasteiger partial charge in [-0.25, -0.2) is 0 Å². The van der Waals surface area contributed by atoms with Crippen LogP contribution in [0.3, 0.4) is 0 Å². The van der Waals surface area contributed by atoms with Crippen LogP contribution in [0, 0.1) is 6.92 Å². The summed E-state index contributed by atoms with van der Waals surface area (Å²) in [7, 11) is 0. The number of halogens is 5. The van der Waals surface area contributed by atoms with Crippen molar-refractivity contribution >= 4 is 68.1 Å². The molecule has 0 fully saturated rings. The van der Waals surface area contributed by atoms with Gasteiger partial charge in [0.25, 0.3) is 0 Å². The number of carbonyl (C=O) groups is 1. The molecule has 0 heterocycles. The zero-order valence-electron chi connectivity index (χ0n) is 10.1. The lowest BCUT2D eigenvalue weighted by Crippen LogP contribution is -2.06. The molecule has 6 heteroatoms. The Morgan fingerprint density at radius 3 is 2.35 bits per heavy atom. The van der Waals surface area contributed by atoms with Crippen LogP contribution in [0.15, 0.2) is 28.7 Å². The molecule has 0 amide bonds. The highest BCUT2D eigenvalue weighted by atomic mass is 79.9. The number of ketones is 1. The molecule has 2 aromatic carbocycles. The fourth-order valence-corrected chi connectivity index (χ4v) is 3.21. The van der Waals surface area contributed by atoms with E-state index in [1.165, 1.54) is 6.07 Å². The van der Waals surface area contributed by atoms with Gasteiger partial charge in [-0.15, -0.1) is 0 Å². The summed E-state index contributed by atoms with van der Waals surface area (Å²) in [4.78, 5) is 12.6. The van der Waals surface area contributed by atoms with Gasteiger partial charge >= 0.3 is 0 Å². The smallest absolute Gasteiger partial charge is 0.196 e. The molecule has 2 aromatic rings. The number of carbonyl (C=O) groups excluding carboxylic acids is 1. The van der Waals surface area contributed by atoms with Crippen LogP contribution >= 0.6 is 62.3 Å². The van der Waals surface area contributed by atoms with Crippen molar-refractivity contribution in [3.63, 3.8) is 0 Å². The first-order valence-electron chi connectivity index (χ1n) is 5.47. The number of hydrogen-bond donors (Lipinski definition) is 0. The summed E-state index contributed by atoms with van der Waals surface area (Å²) in [6.07, 6.45) is 0. The van der Waals surface area contributed by atoms with E-state index in [-0.39, 0.29) is 31.4 Å². The first-order chi connectivity index (χ1) is 9.34. The molecule has 0 N–H and O–H groups in total. The van der Waals surface area contributed by atoms with Crippen LogP contribution in [-0.2, 0) is 0 Å². The summed E-state index contributed by atoms with van der Waals surface area (Å²) in [6.45, 7) is 1.83. The predicted octanol–water partition coefficient (Wildman–Crippen LogP) is 6.60. The zero-order valence-corrected chi connectivity index (χ0v) is 14.7. The monoisotopic (exact) mass is 410 g/mol. The predicted molar refractivity (Wildman–Crippen MR) is 88.8 cm³/mol. The van der Waals surface area contributed by atoms with Gasteiger partial charge in [0.1, 0.15) is 0 Å². The van der Waals surface area contributed by atoms with E-state index < -0.39 is 0 Å². The lowest BCUT2D eigenvalue weighted by molar-refractivity contribution is 0.103. The molecule has 0 unspecified atom stereocenters. The molecule has 0 atom stereocenters. The standard InChI is InChI=1S/C14H7BrCl4O/c1-6-7(3-2-4-8(6)15)14(20)11-9(16)5-10(17)12(18)13(11)19/h2-5H,1H3. The average molecular weight is 413 g/mol. The maximum absolute atomic E-state index is 12.6. The van der Waals surface area contributed by atoms with Gasteiger partial charge in [0, 0.05) is 10.0 Å². The van der Waals surface area contributed by atoms with Crippen LogP contribution in [0.2, 0.25) is 20.1 Å². The minimum absolute atomic E-state index is 0.0635. The molecular weight excluding hydrogens is 406 g/mol. The Bertz CT molecular complexity index is 713. The lowest BCUT2D eigenvalue weighted by Gasteiger charge is -2.11. The van der Waals surface area contributed by atoms with Crippen LogP contribution in [-0.4, -0.2) is 5.78 Å². The Morgan fingerprint density at radius 2 is 1.70 bits per heavy atom. The maximum Gasteiger partial charge on any atom is 0.196 e. The molecule has 0 spiro atoms. The molecule has 1 nitrogen and oxygen atoms in total. The molecule has 0 saturated heterocycles. The third-order valence-corrected chi connectivity index (χ3v) is 5.27. The van der Waals surface area contributed by atoms with Crippen LogP contribution in [0.1, 0.15) is 21.5 Å². The van der Waals surface area contributed by atoms with E-state index >= 15 is 0 Å². The van der Waals surface area contributed by atoms with Crippen molar-refractivity contribution in [2.24, 2.45) is 0 Å². The quantitative estimate of drug-likeness (QED) is 0.308. The van der Waals surface area contributed by atoms with E-state index in [2.05, 4.69) is 15.9 Å². The van der Waals surface area contributed by atoms with Gasteiger partial charge in [0.15, 0.2) is 5.78 Å². The van der Waals surface area contributed by atoms with Crippen molar-refractivity contribution in [1.82, 2.24) is 0 Å². The number of benzene rings is 2. The Labute approximate surface area is 144 Å². The van der Waals surface area contributed by atoms with Gasteiger partial charge < -0.3 is 0 Å². The van der Waals surface area contributed by atoms with E-state index in [4.69, 9.17) is 46.4 Å². The molecule has 20 heavy (non-hydrogen) atoms. The largest absolute Gasteiger partial charge is 0.288 e. The summed E-state index contributed by atoms with van der Waals surface area (Å²) in [6, 6.07) is 6.74. The Balaban J connectivity index is 2.66. The maximum atomic E-state index is 12.6. The van der Waals surface area contributed by atoms with E-state index in [0.717, 1.165) is 10.0 Å². The third-order valence-electron chi connectivity index (χ3n) is 2.85. The minimum Gasteiger partial charge on any atom is -0.288 e. The fraction of sp³-hybridized carbons (Fsp3) is 0.0714. The van der Waals surface area contributed by atoms with Gasteiger partial charge in [0.05, 0.1) is 25.7 Å². The minimum atomic E-state index is -0.294. The fourth-order valence-electron chi connectivity index (χ4n) is 1.76. The number of rotatable bonds is 2. The average Bonchev–Trinajstić information content (AvgIpc) is 2.39. The number of hydrogen-bond acceptors (Lipinski definition) is 1. The van der Waals surface area contributed by atoms with Crippen LogP contribution in [0.5, 0.6) is 0 Å². The van der Waals surface area contributed by atoms with Gasteiger partial charge in [-0.05, 0) is 24.6 Å². The van der Waals surface area contributed by atoms with Gasteiger partial charge in [-0.2, -0.15) is 0 Å². The molecule has 0 aliphatic rings. The van der Waals surface area contributed by atoms with Crippen LogP contribution in [0.25, 0.3) is 0 Å². The first-order valence-corrected chi connectivity index (χ1v) is 7.78. The van der Waals surface area contributed by atoms with Crippen molar-refractivity contribution in [1.29, 1.82) is 0 Å². The molecule has 0 aromatic heterocycles. The summed E-state index contributed by atoms with van der Waals surface area (Å²) < 4.78 is 0.829. The third kappa shape index (κ3) is 2.86. The lowest BCUT2D eigenvalue weighted by atomic mass is 9.99. The van der Waals surface area contributed by atoms with E-state index in [9.17, 15) is 4.79 Å². The van der Waals surface area contributed by atoms with Crippen molar-refractivity contribution < 1.29 is 4.79 Å². The highest BCUT2D eigenvalue weighted by Gasteiger charge is 2.22. The summed E-state index contributed by atoms with van der Waals surface area (Å²) in [5, 5.41) is 0.570. The molecule has 0 saturated carbocycles. The normalized spacial score (nSPS) is 10.7. The Kier molecular flexibility index (Phi) is 5.04. The van der Waals surface area contributed by atoms with Crippen molar-refractivity contribution in [3.05, 3.63) is 65.5 Å². The van der Waals surface area contributed by atoms with E-state index in [0.29, 0.717) is 5.56 Å². The molecule has 0 aliphatic carbocycles. The highest BCUT2D eigenvalue weighted by Crippen LogP contribution is 2.39. The van der Waals surface area contributed by atoms with E-state index in [1.807, 2.05) is 13.0 Å². The second kappa shape index (κ2) is 6.25. The zero-order chi connectivity index (χ0) is 15.0. The van der Waals surface area contributed by atoms with Crippen LogP contribution in [0.4, 0.5) is 0 Å². The molecule has 0 radical (unpaired) electrons. The van der Waals surface area contributed by atoms with Gasteiger partial charge in [-0.3, -0.25) is 4.79 Å². The summed E-state index contributed by atoms with van der Waals surface area (Å²) in [5.74, 6) is -0.294. The van der Waals surface area contributed by atoms with Gasteiger partial charge in [0.2, 0.25) is 0 Å². The molecule has 2 rings (SSSR count). The second-order valence-electron chi connectivity index (χ2n) is 4.08. The summed E-state index contributed by atoms with van der Waals surface area (Å²) >= 11 is 27.4. The van der Waals surface area contributed by atoms with Crippen molar-refractivity contribution in [2.45, 2.75) is 6.92 Å². The topological polar surface area (TPSA) is 17.1 Å². The Morgan fingerprint density at radius 1 is 1.05 bits per heavy atom. The molecule has 104 valence electrons. The SMILES string of the molecule is Cc1c(Br)cccc1C(=O)c1c(Cl)cc(Cl)c(Cl)c1Cl. The molecule has 0 aliphatic heterocycles. The highest BCUT2D eigenvalue weighted by molar-refractivity contribution is 9.10. The van der Waals surface area contributed by atoms with Crippen molar-refractivity contribution in [2.75, 3.05) is 0 Å². The van der Waals surface area contributed by atoms with Crippen molar-refractivity contribution in [3.8, 4) is 0 Å². The molecular formula is C14H7BrCl4O.